The van der Waals surface area contributed by atoms with Gasteiger partial charge in [0.2, 0.25) is 0 Å². The van der Waals surface area contributed by atoms with Crippen molar-refractivity contribution in [3.63, 3.8) is 0 Å². The molecule has 0 bridgehead atoms. The summed E-state index contributed by atoms with van der Waals surface area (Å²) in [4.78, 5) is 13.9. The molecule has 1 aliphatic heterocycles. The van der Waals surface area contributed by atoms with Crippen molar-refractivity contribution in [3.05, 3.63) is 26.9 Å². The van der Waals surface area contributed by atoms with E-state index in [-0.39, 0.29) is 16.9 Å². The minimum absolute atomic E-state index is 0.233. The van der Waals surface area contributed by atoms with Gasteiger partial charge in [0, 0.05) is 18.2 Å². The van der Waals surface area contributed by atoms with E-state index in [1.54, 1.807) is 17.7 Å². The number of aromatic amines is 1. The van der Waals surface area contributed by atoms with Gasteiger partial charge >= 0.3 is 0 Å². The number of nitrogens with one attached hydrogen (secondary N) is 1. The van der Waals surface area contributed by atoms with Gasteiger partial charge in [-0.3, -0.25) is 14.3 Å². The standard InChI is InChI=1S/C10H14N2O4S/c1-5-3-12(10(17)11-9(5)15)8-2-6(14)7(4-13)16-8/h3,6-8,13-14H,2,4H2,1H3,(H,11,15,17)/t6-,7+,8+/m1/s1. The highest BCUT2D eigenvalue weighted by Gasteiger charge is 2.34. The molecule has 3 atom stereocenters. The summed E-state index contributed by atoms with van der Waals surface area (Å²) in [6, 6.07) is 0. The van der Waals surface area contributed by atoms with Crippen molar-refractivity contribution in [2.75, 3.05) is 6.61 Å². The molecule has 0 spiro atoms. The number of aromatic nitrogens is 2. The van der Waals surface area contributed by atoms with Gasteiger partial charge in [-0.15, -0.1) is 0 Å². The zero-order valence-corrected chi connectivity index (χ0v) is 10.1. The first-order valence-corrected chi connectivity index (χ1v) is 5.70. The third-order valence-electron chi connectivity index (χ3n) is 2.84. The molecule has 1 aromatic heterocycles. The van der Waals surface area contributed by atoms with Crippen molar-refractivity contribution in [3.8, 4) is 0 Å². The van der Waals surface area contributed by atoms with E-state index in [1.165, 1.54) is 0 Å². The summed E-state index contributed by atoms with van der Waals surface area (Å²) in [6.45, 7) is 1.42. The Balaban J connectivity index is 2.34. The van der Waals surface area contributed by atoms with E-state index < -0.39 is 18.4 Å². The van der Waals surface area contributed by atoms with E-state index in [0.29, 0.717) is 12.0 Å². The number of aliphatic hydroxyl groups excluding tert-OH is 2. The van der Waals surface area contributed by atoms with Crippen LogP contribution in [0, 0.1) is 11.7 Å². The average Bonchev–Trinajstić information content (AvgIpc) is 2.65. The molecule has 2 heterocycles. The van der Waals surface area contributed by atoms with E-state index in [0.717, 1.165) is 0 Å². The smallest absolute Gasteiger partial charge is 0.254 e. The number of nitrogens with zero attached hydrogens (tertiary/aromatic N) is 1. The molecule has 0 aliphatic carbocycles. The molecular weight excluding hydrogens is 244 g/mol. The molecule has 94 valence electrons. The lowest BCUT2D eigenvalue weighted by Gasteiger charge is -2.15. The number of H-pyrrole nitrogens is 1. The number of aryl methyl sites for hydroxylation is 1. The number of ether oxygens (including phenoxy) is 1. The minimum Gasteiger partial charge on any atom is -0.394 e. The summed E-state index contributed by atoms with van der Waals surface area (Å²) in [6.07, 6.45) is 0.155. The Kier molecular flexibility index (Phi) is 3.43. The first-order valence-electron chi connectivity index (χ1n) is 5.29. The third kappa shape index (κ3) is 2.32. The number of hydrogen-bond acceptors (Lipinski definition) is 5. The second-order valence-corrected chi connectivity index (χ2v) is 4.48. The fourth-order valence-corrected chi connectivity index (χ4v) is 2.11. The van der Waals surface area contributed by atoms with Crippen molar-refractivity contribution in [1.29, 1.82) is 0 Å². The normalized spacial score (nSPS) is 28.5. The predicted molar refractivity (Wildman–Crippen MR) is 62.2 cm³/mol. The largest absolute Gasteiger partial charge is 0.394 e. The second-order valence-electron chi connectivity index (χ2n) is 4.09. The van der Waals surface area contributed by atoms with Crippen LogP contribution < -0.4 is 5.56 Å². The molecule has 0 saturated carbocycles. The molecule has 17 heavy (non-hydrogen) atoms. The van der Waals surface area contributed by atoms with Crippen LogP contribution in [0.4, 0.5) is 0 Å². The van der Waals surface area contributed by atoms with Crippen LogP contribution in [-0.4, -0.2) is 38.6 Å². The Morgan fingerprint density at radius 2 is 2.41 bits per heavy atom. The van der Waals surface area contributed by atoms with Crippen LogP contribution in [-0.2, 0) is 4.74 Å². The molecule has 0 radical (unpaired) electrons. The Bertz CT molecular complexity index is 524. The summed E-state index contributed by atoms with van der Waals surface area (Å²) in [5, 5.41) is 18.6. The molecule has 0 amide bonds. The minimum atomic E-state index is -0.723. The highest BCUT2D eigenvalue weighted by atomic mass is 32.1. The highest BCUT2D eigenvalue weighted by Crippen LogP contribution is 2.28. The SMILES string of the molecule is Cc1cn([C@@H]2C[C@@H](O)[C@H](CO)O2)c(=S)[nH]c1=O. The molecule has 6 nitrogen and oxygen atoms in total. The van der Waals surface area contributed by atoms with Crippen molar-refractivity contribution in [2.24, 2.45) is 0 Å². The van der Waals surface area contributed by atoms with Crippen molar-refractivity contribution in [2.45, 2.75) is 31.8 Å². The fraction of sp³-hybridized carbons (Fsp3) is 0.600. The van der Waals surface area contributed by atoms with E-state index in [4.69, 9.17) is 22.1 Å². The van der Waals surface area contributed by atoms with Gasteiger partial charge in [-0.1, -0.05) is 0 Å². The Hall–Kier alpha value is -1.02. The summed E-state index contributed by atoms with van der Waals surface area (Å²) >= 11 is 5.03. The van der Waals surface area contributed by atoms with Gasteiger partial charge in [-0.25, -0.2) is 0 Å². The van der Waals surface area contributed by atoms with Gasteiger partial charge < -0.3 is 14.9 Å². The van der Waals surface area contributed by atoms with E-state index in [1.807, 2.05) is 0 Å². The Morgan fingerprint density at radius 3 is 3.00 bits per heavy atom. The van der Waals surface area contributed by atoms with Crippen molar-refractivity contribution < 1.29 is 14.9 Å². The van der Waals surface area contributed by atoms with Crippen LogP contribution >= 0.6 is 12.2 Å². The first kappa shape index (κ1) is 12.4. The molecule has 0 aromatic carbocycles. The average molecular weight is 258 g/mol. The van der Waals surface area contributed by atoms with Gasteiger partial charge in [-0.2, -0.15) is 0 Å². The molecule has 1 saturated heterocycles. The van der Waals surface area contributed by atoms with Gasteiger partial charge in [-0.05, 0) is 19.1 Å². The van der Waals surface area contributed by atoms with E-state index >= 15 is 0 Å². The zero-order valence-electron chi connectivity index (χ0n) is 9.29. The van der Waals surface area contributed by atoms with Crippen molar-refractivity contribution in [1.82, 2.24) is 9.55 Å². The lowest BCUT2D eigenvalue weighted by atomic mass is 10.2. The molecule has 0 unspecified atom stereocenters. The number of rotatable bonds is 2. The van der Waals surface area contributed by atoms with Crippen molar-refractivity contribution >= 4 is 12.2 Å². The summed E-state index contributed by atoms with van der Waals surface area (Å²) in [5.41, 5.74) is 0.285. The molecule has 1 fully saturated rings. The monoisotopic (exact) mass is 258 g/mol. The predicted octanol–water partition coefficient (Wildman–Crippen LogP) is -0.145. The van der Waals surface area contributed by atoms with Crippen LogP contribution in [0.5, 0.6) is 0 Å². The van der Waals surface area contributed by atoms with Crippen LogP contribution in [0.25, 0.3) is 0 Å². The van der Waals surface area contributed by atoms with Gasteiger partial charge in [0.05, 0.1) is 12.7 Å². The number of aliphatic hydroxyl groups is 2. The molecule has 1 aromatic rings. The molecule has 2 rings (SSSR count). The Morgan fingerprint density at radius 1 is 1.71 bits per heavy atom. The zero-order chi connectivity index (χ0) is 12.6. The molecule has 7 heteroatoms. The maximum absolute atomic E-state index is 11.3. The summed E-state index contributed by atoms with van der Waals surface area (Å²) < 4.78 is 7.29. The van der Waals surface area contributed by atoms with E-state index in [2.05, 4.69) is 4.98 Å². The van der Waals surface area contributed by atoms with Crippen LogP contribution in [0.2, 0.25) is 0 Å². The van der Waals surface area contributed by atoms with Gasteiger partial charge in [0.15, 0.2) is 4.77 Å². The summed E-state index contributed by atoms with van der Waals surface area (Å²) in [5.74, 6) is 0. The van der Waals surface area contributed by atoms with Crippen LogP contribution in [0.1, 0.15) is 18.2 Å². The molecule has 1 aliphatic rings. The topological polar surface area (TPSA) is 87.5 Å². The quantitative estimate of drug-likeness (QED) is 0.642. The second kappa shape index (κ2) is 4.69. The van der Waals surface area contributed by atoms with Gasteiger partial charge in [0.25, 0.3) is 5.56 Å². The highest BCUT2D eigenvalue weighted by molar-refractivity contribution is 7.71. The van der Waals surface area contributed by atoms with Crippen LogP contribution in [0.15, 0.2) is 11.0 Å². The maximum atomic E-state index is 11.3. The molecule has 3 N–H and O–H groups in total. The molecular formula is C10H14N2O4S. The maximum Gasteiger partial charge on any atom is 0.254 e. The first-order chi connectivity index (χ1) is 8.02. The summed E-state index contributed by atoms with van der Waals surface area (Å²) in [7, 11) is 0. The lowest BCUT2D eigenvalue weighted by molar-refractivity contribution is -0.0453. The third-order valence-corrected chi connectivity index (χ3v) is 3.15. The fourth-order valence-electron chi connectivity index (χ4n) is 1.85. The van der Waals surface area contributed by atoms with Crippen LogP contribution in [0.3, 0.4) is 0 Å². The van der Waals surface area contributed by atoms with Gasteiger partial charge in [0.1, 0.15) is 12.3 Å². The lowest BCUT2D eigenvalue weighted by Crippen LogP contribution is -2.24. The number of hydrogen-bond donors (Lipinski definition) is 3. The van der Waals surface area contributed by atoms with E-state index in [9.17, 15) is 9.90 Å². The Labute approximate surface area is 102 Å².